The van der Waals surface area contributed by atoms with Crippen LogP contribution in [-0.4, -0.2) is 35.8 Å². The van der Waals surface area contributed by atoms with Crippen LogP contribution in [0.25, 0.3) is 4.96 Å². The first-order chi connectivity index (χ1) is 8.76. The van der Waals surface area contributed by atoms with Crippen LogP contribution in [0.2, 0.25) is 0 Å². The van der Waals surface area contributed by atoms with Gasteiger partial charge < -0.3 is 14.8 Å². The maximum atomic E-state index is 5.38. The molecule has 2 rings (SSSR count). The molecule has 0 aliphatic carbocycles. The van der Waals surface area contributed by atoms with E-state index >= 15 is 0 Å². The van der Waals surface area contributed by atoms with Crippen LogP contribution in [-0.2, 0) is 11.3 Å². The van der Waals surface area contributed by atoms with Crippen LogP contribution in [0.15, 0.2) is 11.6 Å². The molecular formula is C12H19N3O2S. The molecule has 2 aromatic heterocycles. The monoisotopic (exact) mass is 269 g/mol. The Morgan fingerprint density at radius 1 is 1.56 bits per heavy atom. The molecule has 0 aliphatic rings. The molecule has 1 unspecified atom stereocenters. The van der Waals surface area contributed by atoms with Gasteiger partial charge in [0.1, 0.15) is 5.69 Å². The van der Waals surface area contributed by atoms with Crippen LogP contribution >= 0.6 is 11.3 Å². The minimum Gasteiger partial charge on any atom is -0.480 e. The molecule has 0 radical (unpaired) electrons. The minimum atomic E-state index is 0.304. The molecule has 1 N–H and O–H groups in total. The molecule has 0 aliphatic heterocycles. The van der Waals surface area contributed by atoms with Gasteiger partial charge in [-0.05, 0) is 13.8 Å². The average Bonchev–Trinajstić information content (AvgIpc) is 2.94. The first-order valence-corrected chi connectivity index (χ1v) is 6.93. The van der Waals surface area contributed by atoms with Crippen LogP contribution < -0.4 is 10.1 Å². The first kappa shape index (κ1) is 13.3. The van der Waals surface area contributed by atoms with E-state index < -0.39 is 0 Å². The van der Waals surface area contributed by atoms with E-state index in [0.29, 0.717) is 18.5 Å². The van der Waals surface area contributed by atoms with Crippen molar-refractivity contribution >= 4 is 16.3 Å². The fraction of sp³-hybridized carbons (Fsp3) is 0.583. The summed E-state index contributed by atoms with van der Waals surface area (Å²) in [6.07, 6.45) is 2.01. The van der Waals surface area contributed by atoms with Crippen molar-refractivity contribution in [2.75, 3.05) is 20.3 Å². The predicted octanol–water partition coefficient (Wildman–Crippen LogP) is 1.92. The first-order valence-electron chi connectivity index (χ1n) is 6.05. The molecule has 18 heavy (non-hydrogen) atoms. The van der Waals surface area contributed by atoms with Crippen LogP contribution in [0, 0.1) is 0 Å². The Kier molecular flexibility index (Phi) is 4.57. The maximum Gasteiger partial charge on any atom is 0.237 e. The Hall–Kier alpha value is -1.11. The van der Waals surface area contributed by atoms with Gasteiger partial charge in [0.2, 0.25) is 5.88 Å². The normalized spacial score (nSPS) is 13.1. The number of fused-ring (bicyclic) bond motifs is 1. The van der Waals surface area contributed by atoms with Gasteiger partial charge in [0.25, 0.3) is 0 Å². The van der Waals surface area contributed by atoms with Crippen LogP contribution in [0.4, 0.5) is 0 Å². The number of methoxy groups -OCH3 is 1. The smallest absolute Gasteiger partial charge is 0.237 e. The van der Waals surface area contributed by atoms with Crippen molar-refractivity contribution in [1.82, 2.24) is 14.7 Å². The van der Waals surface area contributed by atoms with Gasteiger partial charge in [-0.2, -0.15) is 4.98 Å². The van der Waals surface area contributed by atoms with Crippen LogP contribution in [0.5, 0.6) is 5.88 Å². The number of nitrogens with one attached hydrogen (secondary N) is 1. The van der Waals surface area contributed by atoms with Crippen molar-refractivity contribution in [1.29, 1.82) is 0 Å². The van der Waals surface area contributed by atoms with E-state index in [2.05, 4.69) is 21.6 Å². The number of imidazole rings is 1. The summed E-state index contributed by atoms with van der Waals surface area (Å²) in [6.45, 7) is 6.28. The molecule has 0 amide bonds. The van der Waals surface area contributed by atoms with E-state index in [1.54, 1.807) is 18.4 Å². The molecule has 100 valence electrons. The highest BCUT2D eigenvalue weighted by Gasteiger charge is 2.14. The molecule has 5 nitrogen and oxygen atoms in total. The molecule has 0 saturated heterocycles. The lowest BCUT2D eigenvalue weighted by Gasteiger charge is -2.13. The molecular weight excluding hydrogens is 250 g/mol. The Morgan fingerprint density at radius 3 is 3.11 bits per heavy atom. The van der Waals surface area contributed by atoms with Crippen molar-refractivity contribution in [3.05, 3.63) is 17.3 Å². The van der Waals surface area contributed by atoms with Gasteiger partial charge in [-0.15, -0.1) is 11.3 Å². The molecule has 0 saturated carbocycles. The molecule has 1 atom stereocenters. The lowest BCUT2D eigenvalue weighted by Crippen LogP contribution is -2.30. The summed E-state index contributed by atoms with van der Waals surface area (Å²) in [7, 11) is 1.65. The number of nitrogens with zero attached hydrogens (tertiary/aromatic N) is 2. The number of ether oxygens (including phenoxy) is 2. The van der Waals surface area contributed by atoms with Gasteiger partial charge in [0.15, 0.2) is 4.96 Å². The van der Waals surface area contributed by atoms with Crippen molar-refractivity contribution in [2.24, 2.45) is 0 Å². The third-order valence-electron chi connectivity index (χ3n) is 2.71. The standard InChI is InChI=1S/C12H19N3O2S/c1-4-17-8-9(2)13-7-10-11(16-3)14-12-15(10)5-6-18-12/h5-6,9,13H,4,7-8H2,1-3H3. The number of hydrogen-bond acceptors (Lipinski definition) is 5. The third-order valence-corrected chi connectivity index (χ3v) is 3.46. The van der Waals surface area contributed by atoms with E-state index in [9.17, 15) is 0 Å². The zero-order valence-corrected chi connectivity index (χ0v) is 11.8. The highest BCUT2D eigenvalue weighted by molar-refractivity contribution is 7.15. The number of thiazole rings is 1. The van der Waals surface area contributed by atoms with Crippen molar-refractivity contribution in [2.45, 2.75) is 26.4 Å². The predicted molar refractivity (Wildman–Crippen MR) is 72.4 cm³/mol. The third kappa shape index (κ3) is 2.82. The summed E-state index contributed by atoms with van der Waals surface area (Å²) in [6, 6.07) is 0.304. The molecule has 6 heteroatoms. The number of hydrogen-bond donors (Lipinski definition) is 1. The van der Waals surface area contributed by atoms with Crippen molar-refractivity contribution in [3.63, 3.8) is 0 Å². The van der Waals surface area contributed by atoms with Gasteiger partial charge in [-0.3, -0.25) is 4.40 Å². The lowest BCUT2D eigenvalue weighted by atomic mass is 10.3. The second kappa shape index (κ2) is 6.17. The van der Waals surface area contributed by atoms with Crippen molar-refractivity contribution in [3.8, 4) is 5.88 Å². The number of aromatic nitrogens is 2. The highest BCUT2D eigenvalue weighted by Crippen LogP contribution is 2.22. The fourth-order valence-corrected chi connectivity index (χ4v) is 2.49. The van der Waals surface area contributed by atoms with E-state index in [4.69, 9.17) is 9.47 Å². The fourth-order valence-electron chi connectivity index (χ4n) is 1.76. The Balaban J connectivity index is 2.03. The lowest BCUT2D eigenvalue weighted by molar-refractivity contribution is 0.126. The second-order valence-electron chi connectivity index (χ2n) is 4.06. The Labute approximate surface area is 111 Å². The second-order valence-corrected chi connectivity index (χ2v) is 4.94. The highest BCUT2D eigenvalue weighted by atomic mass is 32.1. The summed E-state index contributed by atoms with van der Waals surface area (Å²) in [5, 5.41) is 5.44. The zero-order chi connectivity index (χ0) is 13.0. The molecule has 0 aromatic carbocycles. The van der Waals surface area contributed by atoms with E-state index in [-0.39, 0.29) is 0 Å². The summed E-state index contributed by atoms with van der Waals surface area (Å²) < 4.78 is 12.7. The quantitative estimate of drug-likeness (QED) is 0.834. The molecule has 0 fully saturated rings. The van der Waals surface area contributed by atoms with Gasteiger partial charge >= 0.3 is 0 Å². The topological polar surface area (TPSA) is 47.8 Å². The SMILES string of the molecule is CCOCC(C)NCc1c(OC)nc2sccn12. The number of rotatable bonds is 7. The minimum absolute atomic E-state index is 0.304. The molecule has 2 aromatic rings. The van der Waals surface area contributed by atoms with Gasteiger partial charge in [0.05, 0.1) is 13.7 Å². The largest absolute Gasteiger partial charge is 0.480 e. The van der Waals surface area contributed by atoms with Crippen molar-refractivity contribution < 1.29 is 9.47 Å². The summed E-state index contributed by atoms with van der Waals surface area (Å²) >= 11 is 1.61. The maximum absolute atomic E-state index is 5.38. The summed E-state index contributed by atoms with van der Waals surface area (Å²) in [5.41, 5.74) is 1.05. The summed E-state index contributed by atoms with van der Waals surface area (Å²) in [5.74, 6) is 0.693. The summed E-state index contributed by atoms with van der Waals surface area (Å²) in [4.78, 5) is 5.38. The van der Waals surface area contributed by atoms with Crippen LogP contribution in [0.3, 0.4) is 0 Å². The van der Waals surface area contributed by atoms with E-state index in [1.807, 2.05) is 18.5 Å². The molecule has 0 bridgehead atoms. The van der Waals surface area contributed by atoms with E-state index in [1.165, 1.54) is 0 Å². The Morgan fingerprint density at radius 2 is 2.39 bits per heavy atom. The van der Waals surface area contributed by atoms with Crippen LogP contribution in [0.1, 0.15) is 19.5 Å². The van der Waals surface area contributed by atoms with E-state index in [0.717, 1.165) is 23.8 Å². The molecule has 0 spiro atoms. The van der Waals surface area contributed by atoms with Gasteiger partial charge in [0, 0.05) is 30.8 Å². The van der Waals surface area contributed by atoms with Gasteiger partial charge in [-0.1, -0.05) is 0 Å². The molecule has 2 heterocycles. The average molecular weight is 269 g/mol. The van der Waals surface area contributed by atoms with Gasteiger partial charge in [-0.25, -0.2) is 0 Å². The Bertz CT molecular complexity index is 494. The zero-order valence-electron chi connectivity index (χ0n) is 11.0.